The second-order valence-corrected chi connectivity index (χ2v) is 2.36. The molecule has 1 aromatic heterocycles. The number of nitrogens with zero attached hydrogens (tertiary/aromatic N) is 2. The number of anilines is 1. The van der Waals surface area contributed by atoms with Crippen molar-refractivity contribution in [3.8, 4) is 0 Å². The van der Waals surface area contributed by atoms with E-state index in [1.807, 2.05) is 13.8 Å². The van der Waals surface area contributed by atoms with E-state index in [1.54, 1.807) is 7.05 Å². The predicted molar refractivity (Wildman–Crippen MR) is 37.9 cm³/mol. The molecule has 0 atom stereocenters. The first-order valence-corrected chi connectivity index (χ1v) is 3.25. The molecule has 4 heteroatoms. The molecule has 0 aliphatic carbocycles. The average Bonchev–Trinajstić information content (AvgIpc) is 2.34. The summed E-state index contributed by atoms with van der Waals surface area (Å²) < 4.78 is 4.89. The van der Waals surface area contributed by atoms with Crippen LogP contribution in [0.4, 0.5) is 5.95 Å². The lowest BCUT2D eigenvalue weighted by molar-refractivity contribution is 0.366. The summed E-state index contributed by atoms with van der Waals surface area (Å²) in [6, 6.07) is 0. The first kappa shape index (κ1) is 7.05. The van der Waals surface area contributed by atoms with E-state index in [2.05, 4.69) is 15.5 Å². The van der Waals surface area contributed by atoms with E-state index in [0.717, 1.165) is 0 Å². The molecule has 0 spiro atoms. The van der Waals surface area contributed by atoms with Gasteiger partial charge in [-0.2, -0.15) is 4.98 Å². The van der Waals surface area contributed by atoms with Crippen LogP contribution in [0.15, 0.2) is 4.52 Å². The predicted octanol–water partition coefficient (Wildman–Crippen LogP) is 1.23. The van der Waals surface area contributed by atoms with Crippen LogP contribution in [-0.2, 0) is 0 Å². The van der Waals surface area contributed by atoms with Crippen molar-refractivity contribution in [1.82, 2.24) is 10.1 Å². The third kappa shape index (κ3) is 1.26. The lowest BCUT2D eigenvalue weighted by Gasteiger charge is -1.91. The lowest BCUT2D eigenvalue weighted by Crippen LogP contribution is -1.91. The van der Waals surface area contributed by atoms with Crippen LogP contribution in [0.1, 0.15) is 25.7 Å². The molecule has 10 heavy (non-hydrogen) atoms. The van der Waals surface area contributed by atoms with E-state index in [1.165, 1.54) is 0 Å². The van der Waals surface area contributed by atoms with Gasteiger partial charge in [-0.15, -0.1) is 0 Å². The van der Waals surface area contributed by atoms with Gasteiger partial charge in [0.15, 0.2) is 0 Å². The molecule has 1 heterocycles. The van der Waals surface area contributed by atoms with Crippen molar-refractivity contribution in [1.29, 1.82) is 0 Å². The molecule has 1 aromatic rings. The number of hydrogen-bond acceptors (Lipinski definition) is 4. The Morgan fingerprint density at radius 1 is 1.50 bits per heavy atom. The van der Waals surface area contributed by atoms with Crippen LogP contribution in [0.25, 0.3) is 0 Å². The van der Waals surface area contributed by atoms with Gasteiger partial charge in [0.25, 0.3) is 5.95 Å². The Labute approximate surface area is 59.6 Å². The smallest absolute Gasteiger partial charge is 0.263 e. The molecule has 0 unspecified atom stereocenters. The Hall–Kier alpha value is -1.06. The number of aromatic nitrogens is 2. The van der Waals surface area contributed by atoms with Crippen LogP contribution in [0.3, 0.4) is 0 Å². The zero-order valence-electron chi connectivity index (χ0n) is 6.38. The summed E-state index contributed by atoms with van der Waals surface area (Å²) in [6.45, 7) is 4.01. The highest BCUT2D eigenvalue weighted by Crippen LogP contribution is 2.12. The summed E-state index contributed by atoms with van der Waals surface area (Å²) in [5.74, 6) is 1.52. The third-order valence-corrected chi connectivity index (χ3v) is 1.16. The molecule has 0 aliphatic heterocycles. The van der Waals surface area contributed by atoms with Crippen molar-refractivity contribution >= 4 is 5.95 Å². The maximum atomic E-state index is 4.89. The second kappa shape index (κ2) is 2.68. The van der Waals surface area contributed by atoms with E-state index in [-0.39, 0.29) is 0 Å². The molecule has 56 valence electrons. The Bertz CT molecular complexity index is 207. The number of hydrogen-bond donors (Lipinski definition) is 1. The van der Waals surface area contributed by atoms with E-state index in [4.69, 9.17) is 4.52 Å². The maximum Gasteiger partial charge on any atom is 0.263 e. The molecule has 0 fully saturated rings. The summed E-state index contributed by atoms with van der Waals surface area (Å²) in [6.07, 6.45) is 0. The van der Waals surface area contributed by atoms with Crippen LogP contribution >= 0.6 is 0 Å². The molecule has 1 rings (SSSR count). The molecule has 0 saturated carbocycles. The highest BCUT2D eigenvalue weighted by molar-refractivity contribution is 5.19. The van der Waals surface area contributed by atoms with Crippen LogP contribution in [-0.4, -0.2) is 17.2 Å². The molecule has 0 radical (unpaired) electrons. The second-order valence-electron chi connectivity index (χ2n) is 2.36. The molecule has 4 nitrogen and oxygen atoms in total. The van der Waals surface area contributed by atoms with Gasteiger partial charge in [-0.1, -0.05) is 13.8 Å². The number of rotatable bonds is 2. The van der Waals surface area contributed by atoms with E-state index in [0.29, 0.717) is 17.8 Å². The van der Waals surface area contributed by atoms with Gasteiger partial charge < -0.3 is 9.84 Å². The summed E-state index contributed by atoms with van der Waals surface area (Å²) in [4.78, 5) is 4.04. The van der Waals surface area contributed by atoms with Crippen LogP contribution in [0.5, 0.6) is 0 Å². The highest BCUT2D eigenvalue weighted by atomic mass is 16.5. The molecular weight excluding hydrogens is 130 g/mol. The maximum absolute atomic E-state index is 4.89. The quantitative estimate of drug-likeness (QED) is 0.673. The summed E-state index contributed by atoms with van der Waals surface area (Å²) >= 11 is 0. The van der Waals surface area contributed by atoms with Crippen molar-refractivity contribution in [2.45, 2.75) is 19.8 Å². The van der Waals surface area contributed by atoms with Crippen molar-refractivity contribution in [2.24, 2.45) is 0 Å². The molecule has 0 aromatic carbocycles. The minimum Gasteiger partial charge on any atom is -0.355 e. The first-order chi connectivity index (χ1) is 4.74. The standard InChI is InChI=1S/C6H11N3O/c1-4(2)5-8-6(7-3)9-10-5/h4H,1-3H3,(H,7,9). The van der Waals surface area contributed by atoms with Gasteiger partial charge in [0, 0.05) is 13.0 Å². The molecule has 0 aliphatic rings. The van der Waals surface area contributed by atoms with Gasteiger partial charge in [-0.3, -0.25) is 0 Å². The van der Waals surface area contributed by atoms with Crippen molar-refractivity contribution in [3.05, 3.63) is 5.89 Å². The van der Waals surface area contributed by atoms with E-state index in [9.17, 15) is 0 Å². The summed E-state index contributed by atoms with van der Waals surface area (Å²) in [5.41, 5.74) is 0. The Kier molecular flexibility index (Phi) is 1.89. The normalized spacial score (nSPS) is 10.4. The fourth-order valence-electron chi connectivity index (χ4n) is 0.571. The minimum atomic E-state index is 0.301. The van der Waals surface area contributed by atoms with Gasteiger partial charge in [-0.05, 0) is 5.16 Å². The minimum absolute atomic E-state index is 0.301. The van der Waals surface area contributed by atoms with Gasteiger partial charge in [0.1, 0.15) is 0 Å². The van der Waals surface area contributed by atoms with Crippen molar-refractivity contribution in [3.63, 3.8) is 0 Å². The summed E-state index contributed by atoms with van der Waals surface area (Å²) in [7, 11) is 1.76. The topological polar surface area (TPSA) is 51.0 Å². The van der Waals surface area contributed by atoms with Gasteiger partial charge >= 0.3 is 0 Å². The molecule has 0 amide bonds. The molecule has 1 N–H and O–H groups in total. The molecule has 0 bridgehead atoms. The van der Waals surface area contributed by atoms with Crippen LogP contribution < -0.4 is 5.32 Å². The number of nitrogens with one attached hydrogen (secondary N) is 1. The summed E-state index contributed by atoms with van der Waals surface area (Å²) in [5, 5.41) is 6.44. The van der Waals surface area contributed by atoms with Crippen LogP contribution in [0, 0.1) is 0 Å². The van der Waals surface area contributed by atoms with Gasteiger partial charge in [-0.25, -0.2) is 0 Å². The lowest BCUT2D eigenvalue weighted by atomic mass is 10.2. The largest absolute Gasteiger partial charge is 0.355 e. The van der Waals surface area contributed by atoms with Crippen molar-refractivity contribution in [2.75, 3.05) is 12.4 Å². The van der Waals surface area contributed by atoms with Gasteiger partial charge in [0.2, 0.25) is 5.89 Å². The monoisotopic (exact) mass is 141 g/mol. The SMILES string of the molecule is CNc1noc(C(C)C)n1. The fraction of sp³-hybridized carbons (Fsp3) is 0.667. The molecule has 0 saturated heterocycles. The van der Waals surface area contributed by atoms with Crippen molar-refractivity contribution < 1.29 is 4.52 Å². The Morgan fingerprint density at radius 2 is 2.20 bits per heavy atom. The zero-order chi connectivity index (χ0) is 7.56. The average molecular weight is 141 g/mol. The first-order valence-electron chi connectivity index (χ1n) is 3.25. The molecular formula is C6H11N3O. The third-order valence-electron chi connectivity index (χ3n) is 1.16. The highest BCUT2D eigenvalue weighted by Gasteiger charge is 2.07. The zero-order valence-corrected chi connectivity index (χ0v) is 6.38. The van der Waals surface area contributed by atoms with E-state index >= 15 is 0 Å². The van der Waals surface area contributed by atoms with E-state index < -0.39 is 0 Å². The fourth-order valence-corrected chi connectivity index (χ4v) is 0.571. The van der Waals surface area contributed by atoms with Gasteiger partial charge in [0.05, 0.1) is 0 Å². The Balaban J connectivity index is 2.78. The Morgan fingerprint density at radius 3 is 2.50 bits per heavy atom. The van der Waals surface area contributed by atoms with Crippen LogP contribution in [0.2, 0.25) is 0 Å².